The number of aliphatic hydroxyl groups is 1. The largest absolute Gasteiger partial charge is 0.396 e. The smallest absolute Gasteiger partial charge is 0.280 e. The van der Waals surface area contributed by atoms with Gasteiger partial charge in [0.2, 0.25) is 5.82 Å². The molecule has 9 heteroatoms. The van der Waals surface area contributed by atoms with E-state index >= 15 is 0 Å². The van der Waals surface area contributed by atoms with Crippen LogP contribution in [0.25, 0.3) is 23.0 Å². The minimum Gasteiger partial charge on any atom is -0.396 e. The molecule has 2 aromatic heterocycles. The summed E-state index contributed by atoms with van der Waals surface area (Å²) < 4.78 is 25.5. The first-order chi connectivity index (χ1) is 12.2. The second kappa shape index (κ2) is 6.69. The van der Waals surface area contributed by atoms with Crippen molar-refractivity contribution in [2.45, 2.75) is 18.6 Å². The minimum absolute atomic E-state index is 0.0663. The van der Waals surface area contributed by atoms with Crippen molar-refractivity contribution < 1.29 is 18.8 Å². The van der Waals surface area contributed by atoms with Crippen molar-refractivity contribution in [1.29, 1.82) is 0 Å². The second-order valence-electron chi connectivity index (χ2n) is 5.80. The molecule has 1 fully saturated rings. The highest BCUT2D eigenvalue weighted by atomic mass is 19.1. The third kappa shape index (κ3) is 3.15. The van der Waals surface area contributed by atoms with Gasteiger partial charge in [-0.25, -0.2) is 9.07 Å². The quantitative estimate of drug-likeness (QED) is 0.747. The zero-order valence-corrected chi connectivity index (χ0v) is 13.2. The Labute approximate surface area is 142 Å². The molecule has 1 aliphatic heterocycles. The Balaban J connectivity index is 1.54. The number of alkyl halides is 1. The lowest BCUT2D eigenvalue weighted by Crippen LogP contribution is -2.19. The van der Waals surface area contributed by atoms with E-state index in [9.17, 15) is 4.39 Å². The number of aromatic nitrogens is 5. The predicted octanol–water partition coefficient (Wildman–Crippen LogP) is 1.44. The van der Waals surface area contributed by atoms with Gasteiger partial charge >= 0.3 is 0 Å². The summed E-state index contributed by atoms with van der Waals surface area (Å²) in [5.74, 6) is 0.641. The van der Waals surface area contributed by atoms with E-state index in [4.69, 9.17) is 14.4 Å². The van der Waals surface area contributed by atoms with Gasteiger partial charge < -0.3 is 14.4 Å². The number of nitrogens with zero attached hydrogens (tertiary/aromatic N) is 5. The summed E-state index contributed by atoms with van der Waals surface area (Å²) in [4.78, 5) is 4.32. The fourth-order valence-corrected chi connectivity index (χ4v) is 2.69. The average molecular weight is 345 g/mol. The Kier molecular flexibility index (Phi) is 4.24. The fraction of sp³-hybridized carbons (Fsp3) is 0.375. The Morgan fingerprint density at radius 1 is 1.24 bits per heavy atom. The Morgan fingerprint density at radius 3 is 2.80 bits per heavy atom. The normalized spacial score (nSPS) is 20.2. The molecule has 4 rings (SSSR count). The lowest BCUT2D eigenvalue weighted by atomic mass is 10.1. The van der Waals surface area contributed by atoms with E-state index in [1.54, 1.807) is 6.20 Å². The molecule has 0 bridgehead atoms. The van der Waals surface area contributed by atoms with Crippen LogP contribution in [0.2, 0.25) is 0 Å². The third-order valence-corrected chi connectivity index (χ3v) is 4.09. The molecule has 1 aliphatic rings. The van der Waals surface area contributed by atoms with Crippen LogP contribution in [0.1, 0.15) is 11.6 Å². The molecule has 0 amide bonds. The number of benzene rings is 1. The lowest BCUT2D eigenvalue weighted by Gasteiger charge is -2.08. The maximum Gasteiger partial charge on any atom is 0.280 e. The third-order valence-electron chi connectivity index (χ3n) is 4.09. The van der Waals surface area contributed by atoms with Crippen LogP contribution in [0.5, 0.6) is 0 Å². The zero-order valence-electron chi connectivity index (χ0n) is 13.2. The van der Waals surface area contributed by atoms with Crippen LogP contribution in [0.15, 0.2) is 35.0 Å². The van der Waals surface area contributed by atoms with Gasteiger partial charge in [-0.2, -0.15) is 4.98 Å². The highest BCUT2D eigenvalue weighted by molar-refractivity contribution is 5.57. The molecule has 130 valence electrons. The zero-order chi connectivity index (χ0) is 17.2. The first-order valence-corrected chi connectivity index (χ1v) is 7.92. The lowest BCUT2D eigenvalue weighted by molar-refractivity contribution is 0.172. The second-order valence-corrected chi connectivity index (χ2v) is 5.80. The maximum absolute atomic E-state index is 13.7. The summed E-state index contributed by atoms with van der Waals surface area (Å²) in [6.45, 7) is 0.434. The minimum atomic E-state index is -1.11. The van der Waals surface area contributed by atoms with E-state index in [0.717, 1.165) is 11.1 Å². The number of aliphatic hydroxyl groups excluding tert-OH is 1. The molecular weight excluding hydrogens is 329 g/mol. The Morgan fingerprint density at radius 2 is 2.08 bits per heavy atom. The van der Waals surface area contributed by atoms with E-state index in [2.05, 4.69) is 20.5 Å². The standard InChI is InChI=1S/C16H16FN5O3/c17-12-8-24-9-14(12)22-7-13(19-21-22)16-18-15(20-25-16)11-3-1-10(2-4-11)5-6-23/h1-4,7,12,14,23H,5-6,8-9H2/t12-,14+/m0/s1. The number of ether oxygens (including phenoxy) is 1. The van der Waals surface area contributed by atoms with Crippen molar-refractivity contribution in [3.8, 4) is 23.0 Å². The Hall–Kier alpha value is -2.65. The fourth-order valence-electron chi connectivity index (χ4n) is 2.69. The molecule has 1 N–H and O–H groups in total. The molecule has 25 heavy (non-hydrogen) atoms. The van der Waals surface area contributed by atoms with Gasteiger partial charge in [-0.1, -0.05) is 34.6 Å². The Bertz CT molecular complexity index is 848. The van der Waals surface area contributed by atoms with Gasteiger partial charge in [0.05, 0.1) is 19.4 Å². The summed E-state index contributed by atoms with van der Waals surface area (Å²) >= 11 is 0. The van der Waals surface area contributed by atoms with Crippen LogP contribution in [0, 0.1) is 0 Å². The molecule has 0 unspecified atom stereocenters. The number of hydrogen-bond acceptors (Lipinski definition) is 7. The summed E-state index contributed by atoms with van der Waals surface area (Å²) in [6, 6.07) is 7.04. The summed E-state index contributed by atoms with van der Waals surface area (Å²) in [7, 11) is 0. The first kappa shape index (κ1) is 15.9. The number of halogens is 1. The van der Waals surface area contributed by atoms with E-state index in [0.29, 0.717) is 17.9 Å². The van der Waals surface area contributed by atoms with Gasteiger partial charge in [0.25, 0.3) is 5.89 Å². The highest BCUT2D eigenvalue weighted by Crippen LogP contribution is 2.25. The van der Waals surface area contributed by atoms with Gasteiger partial charge in [-0.3, -0.25) is 0 Å². The van der Waals surface area contributed by atoms with Crippen LogP contribution in [-0.4, -0.2) is 56.2 Å². The van der Waals surface area contributed by atoms with E-state index in [-0.39, 0.29) is 25.7 Å². The molecule has 0 aliphatic carbocycles. The van der Waals surface area contributed by atoms with Crippen LogP contribution >= 0.6 is 0 Å². The summed E-state index contributed by atoms with van der Waals surface area (Å²) in [5, 5.41) is 20.8. The molecule has 3 aromatic rings. The van der Waals surface area contributed by atoms with Crippen molar-refractivity contribution >= 4 is 0 Å². The molecule has 1 saturated heterocycles. The summed E-state index contributed by atoms with van der Waals surface area (Å²) in [6.07, 6.45) is 1.07. The van der Waals surface area contributed by atoms with Gasteiger partial charge in [-0.15, -0.1) is 5.10 Å². The van der Waals surface area contributed by atoms with Crippen molar-refractivity contribution in [3.63, 3.8) is 0 Å². The van der Waals surface area contributed by atoms with Crippen LogP contribution < -0.4 is 0 Å². The highest BCUT2D eigenvalue weighted by Gasteiger charge is 2.31. The van der Waals surface area contributed by atoms with Crippen molar-refractivity contribution in [1.82, 2.24) is 25.1 Å². The molecular formula is C16H16FN5O3. The van der Waals surface area contributed by atoms with E-state index in [1.807, 2.05) is 24.3 Å². The SMILES string of the molecule is OCCc1ccc(-c2noc(-c3cn([C@@H]4COC[C@@H]4F)nn3)n2)cc1. The van der Waals surface area contributed by atoms with Gasteiger partial charge in [0.15, 0.2) is 5.69 Å². The molecule has 0 saturated carbocycles. The van der Waals surface area contributed by atoms with Crippen molar-refractivity contribution in [2.75, 3.05) is 19.8 Å². The van der Waals surface area contributed by atoms with Gasteiger partial charge in [-0.05, 0) is 12.0 Å². The van der Waals surface area contributed by atoms with Crippen molar-refractivity contribution in [2.24, 2.45) is 0 Å². The van der Waals surface area contributed by atoms with Crippen LogP contribution in [0.4, 0.5) is 4.39 Å². The molecule has 0 radical (unpaired) electrons. The van der Waals surface area contributed by atoms with E-state index < -0.39 is 12.2 Å². The molecule has 0 spiro atoms. The first-order valence-electron chi connectivity index (χ1n) is 7.92. The molecule has 2 atom stereocenters. The monoisotopic (exact) mass is 345 g/mol. The molecule has 3 heterocycles. The molecule has 1 aromatic carbocycles. The number of rotatable bonds is 5. The van der Waals surface area contributed by atoms with Crippen LogP contribution in [0.3, 0.4) is 0 Å². The summed E-state index contributed by atoms with van der Waals surface area (Å²) in [5.41, 5.74) is 2.20. The number of hydrogen-bond donors (Lipinski definition) is 1. The van der Waals surface area contributed by atoms with Gasteiger partial charge in [0, 0.05) is 12.2 Å². The maximum atomic E-state index is 13.7. The van der Waals surface area contributed by atoms with Gasteiger partial charge in [0.1, 0.15) is 12.2 Å². The average Bonchev–Trinajstić information content (AvgIpc) is 3.35. The predicted molar refractivity (Wildman–Crippen MR) is 84.3 cm³/mol. The van der Waals surface area contributed by atoms with Crippen LogP contribution in [-0.2, 0) is 11.2 Å². The van der Waals surface area contributed by atoms with Crippen molar-refractivity contribution in [3.05, 3.63) is 36.0 Å². The van der Waals surface area contributed by atoms with E-state index in [1.165, 1.54) is 4.68 Å². The topological polar surface area (TPSA) is 99.1 Å². The molecule has 8 nitrogen and oxygen atoms in total.